The highest BCUT2D eigenvalue weighted by Gasteiger charge is 2.32. The fraction of sp³-hybridized carbons (Fsp3) is 0.250. The molecule has 0 saturated carbocycles. The number of amides is 1. The predicted molar refractivity (Wildman–Crippen MR) is 70.1 cm³/mol. The first-order chi connectivity index (χ1) is 9.83. The second-order valence-corrected chi connectivity index (χ2v) is 3.81. The van der Waals surface area contributed by atoms with Crippen LogP contribution in [0.5, 0.6) is 0 Å². The maximum Gasteiger partial charge on any atom is 0.345 e. The number of methoxy groups -OCH3 is 2. The van der Waals surface area contributed by atoms with Gasteiger partial charge in [-0.05, 0) is 12.1 Å². The van der Waals surface area contributed by atoms with E-state index in [0.717, 1.165) is 33.3 Å². The number of esters is 2. The molecule has 0 heterocycles. The van der Waals surface area contributed by atoms with Crippen LogP contribution in [0.2, 0.25) is 0 Å². The van der Waals surface area contributed by atoms with E-state index in [-0.39, 0.29) is 11.3 Å². The summed E-state index contributed by atoms with van der Waals surface area (Å²) >= 11 is 0. The molecule has 9 heteroatoms. The van der Waals surface area contributed by atoms with E-state index in [0.29, 0.717) is 0 Å². The third-order valence-corrected chi connectivity index (χ3v) is 2.47. The smallest absolute Gasteiger partial charge is 0.345 e. The molecular formula is C12H12N2O7. The van der Waals surface area contributed by atoms with Gasteiger partial charge in [0.05, 0.1) is 24.7 Å². The van der Waals surface area contributed by atoms with Crippen molar-refractivity contribution in [2.75, 3.05) is 19.5 Å². The lowest BCUT2D eigenvalue weighted by molar-refractivity contribution is -0.384. The number of hydrogen-bond acceptors (Lipinski definition) is 7. The summed E-state index contributed by atoms with van der Waals surface area (Å²) in [5.41, 5.74) is -1.87. The Bertz CT molecular complexity index is 624. The van der Waals surface area contributed by atoms with E-state index in [1.54, 1.807) is 0 Å². The Morgan fingerprint density at radius 3 is 2.14 bits per heavy atom. The zero-order valence-corrected chi connectivity index (χ0v) is 11.5. The Balaban J connectivity index is 3.69. The predicted octanol–water partition coefficient (Wildman–Crippen LogP) is 1.13. The second kappa shape index (κ2) is 6.46. The van der Waals surface area contributed by atoms with Crippen LogP contribution in [0.25, 0.3) is 0 Å². The number of nitro benzene ring substituents is 1. The maximum atomic E-state index is 11.8. The van der Waals surface area contributed by atoms with E-state index in [1.165, 1.54) is 0 Å². The minimum Gasteiger partial charge on any atom is -0.465 e. The normalized spacial score (nSPS) is 9.67. The van der Waals surface area contributed by atoms with Crippen molar-refractivity contribution in [1.82, 2.24) is 0 Å². The number of nitro groups is 1. The summed E-state index contributed by atoms with van der Waals surface area (Å²) in [7, 11) is 2.08. The van der Waals surface area contributed by atoms with Crippen molar-refractivity contribution in [2.24, 2.45) is 0 Å². The number of ether oxygens (including phenoxy) is 2. The minimum atomic E-state index is -1.09. The Kier molecular flexibility index (Phi) is 4.95. The van der Waals surface area contributed by atoms with Gasteiger partial charge >= 0.3 is 17.6 Å². The van der Waals surface area contributed by atoms with Gasteiger partial charge in [0.1, 0.15) is 5.69 Å². The molecule has 0 aliphatic carbocycles. The number of carbonyl (C=O) groups is 3. The molecule has 0 fully saturated rings. The average molecular weight is 296 g/mol. The van der Waals surface area contributed by atoms with Crippen LogP contribution in [-0.4, -0.2) is 37.0 Å². The lowest BCUT2D eigenvalue weighted by atomic mass is 10.0. The van der Waals surface area contributed by atoms with Crippen molar-refractivity contribution < 1.29 is 28.8 Å². The second-order valence-electron chi connectivity index (χ2n) is 3.81. The molecule has 112 valence electrons. The number of anilines is 1. The molecule has 0 aliphatic rings. The van der Waals surface area contributed by atoms with Crippen LogP contribution < -0.4 is 5.32 Å². The molecule has 1 N–H and O–H groups in total. The molecular weight excluding hydrogens is 284 g/mol. The molecule has 0 bridgehead atoms. The summed E-state index contributed by atoms with van der Waals surface area (Å²) in [6, 6.07) is 2.27. The Labute approximate surface area is 119 Å². The number of nitrogens with one attached hydrogen (secondary N) is 1. The third kappa shape index (κ3) is 3.32. The highest BCUT2D eigenvalue weighted by molar-refractivity contribution is 6.09. The fourth-order valence-electron chi connectivity index (χ4n) is 1.66. The van der Waals surface area contributed by atoms with Crippen molar-refractivity contribution in [3.05, 3.63) is 33.4 Å². The highest BCUT2D eigenvalue weighted by Crippen LogP contribution is 2.32. The number of hydrogen-bond donors (Lipinski definition) is 1. The summed E-state index contributed by atoms with van der Waals surface area (Å²) in [6.45, 7) is 1.15. The first-order valence-electron chi connectivity index (χ1n) is 5.59. The molecule has 1 aromatic rings. The molecule has 0 aromatic heterocycles. The Hall–Kier alpha value is -2.97. The van der Waals surface area contributed by atoms with Crippen LogP contribution in [-0.2, 0) is 14.3 Å². The van der Waals surface area contributed by atoms with Gasteiger partial charge in [-0.3, -0.25) is 14.9 Å². The van der Waals surface area contributed by atoms with Gasteiger partial charge in [0.15, 0.2) is 5.56 Å². The van der Waals surface area contributed by atoms with E-state index in [9.17, 15) is 24.5 Å². The van der Waals surface area contributed by atoms with E-state index in [4.69, 9.17) is 0 Å². The monoisotopic (exact) mass is 296 g/mol. The molecule has 0 aliphatic heterocycles. The lowest BCUT2D eigenvalue weighted by Gasteiger charge is -2.10. The Morgan fingerprint density at radius 2 is 1.71 bits per heavy atom. The summed E-state index contributed by atoms with van der Waals surface area (Å²) in [6.07, 6.45) is 0. The molecule has 0 saturated heterocycles. The summed E-state index contributed by atoms with van der Waals surface area (Å²) < 4.78 is 8.93. The maximum absolute atomic E-state index is 11.8. The topological polar surface area (TPSA) is 125 Å². The number of carbonyl (C=O) groups excluding carboxylic acids is 3. The van der Waals surface area contributed by atoms with Gasteiger partial charge in [0.25, 0.3) is 0 Å². The largest absolute Gasteiger partial charge is 0.465 e. The van der Waals surface area contributed by atoms with Gasteiger partial charge in [-0.1, -0.05) is 0 Å². The van der Waals surface area contributed by atoms with Gasteiger partial charge in [-0.15, -0.1) is 0 Å². The molecule has 21 heavy (non-hydrogen) atoms. The zero-order chi connectivity index (χ0) is 16.2. The lowest BCUT2D eigenvalue weighted by Crippen LogP contribution is -2.17. The molecule has 0 spiro atoms. The molecule has 1 amide bonds. The van der Waals surface area contributed by atoms with Crippen molar-refractivity contribution >= 4 is 29.2 Å². The van der Waals surface area contributed by atoms with Gasteiger partial charge in [-0.25, -0.2) is 9.59 Å². The van der Waals surface area contributed by atoms with Crippen LogP contribution in [0, 0.1) is 10.1 Å². The van der Waals surface area contributed by atoms with Crippen LogP contribution in [0.1, 0.15) is 27.6 Å². The zero-order valence-electron chi connectivity index (χ0n) is 11.5. The van der Waals surface area contributed by atoms with E-state index >= 15 is 0 Å². The number of nitrogens with zero attached hydrogens (tertiary/aromatic N) is 1. The summed E-state index contributed by atoms with van der Waals surface area (Å²) in [5.74, 6) is -2.60. The standard InChI is InChI=1S/C12H12N2O7/c1-6(15)13-8-5-4-7(11(16)20-2)9(12(17)21-3)10(8)14(18)19/h4-5H,1-3H3,(H,13,15). The number of benzene rings is 1. The first kappa shape index (κ1) is 16.1. The van der Waals surface area contributed by atoms with Crippen LogP contribution in [0.4, 0.5) is 11.4 Å². The van der Waals surface area contributed by atoms with E-state index < -0.39 is 34.0 Å². The van der Waals surface area contributed by atoms with Crippen LogP contribution >= 0.6 is 0 Å². The average Bonchev–Trinajstić information content (AvgIpc) is 2.44. The number of rotatable bonds is 4. The summed E-state index contributed by atoms with van der Waals surface area (Å²) in [4.78, 5) is 44.8. The van der Waals surface area contributed by atoms with Crippen LogP contribution in [0.3, 0.4) is 0 Å². The van der Waals surface area contributed by atoms with Crippen molar-refractivity contribution in [3.8, 4) is 0 Å². The molecule has 0 radical (unpaired) electrons. The van der Waals surface area contributed by atoms with E-state index in [2.05, 4.69) is 14.8 Å². The van der Waals surface area contributed by atoms with E-state index in [1.807, 2.05) is 0 Å². The van der Waals surface area contributed by atoms with Gasteiger partial charge in [0, 0.05) is 6.92 Å². The molecule has 0 atom stereocenters. The van der Waals surface area contributed by atoms with Crippen molar-refractivity contribution in [3.63, 3.8) is 0 Å². The SMILES string of the molecule is COC(=O)c1ccc(NC(C)=O)c([N+](=O)[O-])c1C(=O)OC. The van der Waals surface area contributed by atoms with Crippen molar-refractivity contribution in [2.45, 2.75) is 6.92 Å². The van der Waals surface area contributed by atoms with Gasteiger partial charge in [-0.2, -0.15) is 0 Å². The third-order valence-electron chi connectivity index (χ3n) is 2.47. The Morgan fingerprint density at radius 1 is 1.14 bits per heavy atom. The van der Waals surface area contributed by atoms with Gasteiger partial charge < -0.3 is 14.8 Å². The van der Waals surface area contributed by atoms with Crippen LogP contribution in [0.15, 0.2) is 12.1 Å². The molecule has 0 unspecified atom stereocenters. The fourth-order valence-corrected chi connectivity index (χ4v) is 1.66. The quantitative estimate of drug-likeness (QED) is 0.501. The minimum absolute atomic E-state index is 0.222. The van der Waals surface area contributed by atoms with Crippen molar-refractivity contribution in [1.29, 1.82) is 0 Å². The molecule has 1 rings (SSSR count). The molecule has 9 nitrogen and oxygen atoms in total. The first-order valence-corrected chi connectivity index (χ1v) is 5.59. The summed E-state index contributed by atoms with van der Waals surface area (Å²) in [5, 5.41) is 13.4. The van der Waals surface area contributed by atoms with Gasteiger partial charge in [0.2, 0.25) is 5.91 Å². The highest BCUT2D eigenvalue weighted by atomic mass is 16.6. The molecule has 1 aromatic carbocycles.